The summed E-state index contributed by atoms with van der Waals surface area (Å²) in [5.41, 5.74) is -1.28. The molecule has 1 saturated carbocycles. The molecule has 2 N–H and O–H groups in total. The van der Waals surface area contributed by atoms with E-state index in [1.807, 2.05) is 0 Å². The first-order valence-electron chi connectivity index (χ1n) is 6.47. The van der Waals surface area contributed by atoms with Crippen molar-refractivity contribution < 1.29 is 37.0 Å². The first-order chi connectivity index (χ1) is 10.7. The zero-order valence-corrected chi connectivity index (χ0v) is 11.6. The summed E-state index contributed by atoms with van der Waals surface area (Å²) in [6.45, 7) is -1.55. The number of carboxylic acids is 1. The predicted molar refractivity (Wildman–Crippen MR) is 67.8 cm³/mol. The Morgan fingerprint density at radius 3 is 2.48 bits per heavy atom. The van der Waals surface area contributed by atoms with Crippen LogP contribution < -0.4 is 10.1 Å². The van der Waals surface area contributed by atoms with E-state index in [1.165, 1.54) is 0 Å². The smallest absolute Gasteiger partial charge is 0.340 e. The lowest BCUT2D eigenvalue weighted by Crippen LogP contribution is -2.43. The summed E-state index contributed by atoms with van der Waals surface area (Å²) >= 11 is 0. The van der Waals surface area contributed by atoms with Crippen LogP contribution >= 0.6 is 0 Å². The fraction of sp³-hybridized carbons (Fsp3) is 0.462. The molecule has 1 aromatic rings. The van der Waals surface area contributed by atoms with Gasteiger partial charge in [-0.05, 0) is 18.9 Å². The van der Waals surface area contributed by atoms with Gasteiger partial charge in [-0.15, -0.1) is 0 Å². The molecule has 0 spiro atoms. The quantitative estimate of drug-likeness (QED) is 0.740. The Balaban J connectivity index is 1.94. The van der Waals surface area contributed by atoms with Crippen LogP contribution in [0, 0.1) is 0 Å². The number of hydrogen-bond acceptors (Lipinski definition) is 4. The van der Waals surface area contributed by atoms with Gasteiger partial charge in [-0.1, -0.05) is 0 Å². The minimum atomic E-state index is -4.31. The first-order valence-corrected chi connectivity index (χ1v) is 6.47. The Morgan fingerprint density at radius 1 is 1.39 bits per heavy atom. The number of amides is 1. The summed E-state index contributed by atoms with van der Waals surface area (Å²) in [4.78, 5) is 26.4. The van der Waals surface area contributed by atoms with E-state index < -0.39 is 36.4 Å². The number of rotatable bonds is 7. The second-order valence-electron chi connectivity index (χ2n) is 5.08. The van der Waals surface area contributed by atoms with Crippen LogP contribution in [0.2, 0.25) is 0 Å². The molecular formula is C13H12F4N2O4. The third-order valence-electron chi connectivity index (χ3n) is 3.24. The van der Waals surface area contributed by atoms with E-state index in [2.05, 4.69) is 15.0 Å². The Kier molecular flexibility index (Phi) is 4.44. The maximum Gasteiger partial charge on any atom is 0.340 e. The van der Waals surface area contributed by atoms with Crippen LogP contribution in [0.3, 0.4) is 0 Å². The number of alkyl halides is 4. The van der Waals surface area contributed by atoms with Crippen molar-refractivity contribution in [2.45, 2.75) is 30.7 Å². The van der Waals surface area contributed by atoms with Gasteiger partial charge in [0.2, 0.25) is 5.88 Å². The highest BCUT2D eigenvalue weighted by atomic mass is 19.3. The van der Waals surface area contributed by atoms with E-state index in [0.29, 0.717) is 12.8 Å². The highest BCUT2D eigenvalue weighted by Crippen LogP contribution is 2.35. The normalized spacial score (nSPS) is 16.0. The van der Waals surface area contributed by atoms with Crippen molar-refractivity contribution in [2.24, 2.45) is 0 Å². The van der Waals surface area contributed by atoms with Crippen LogP contribution in [0.5, 0.6) is 5.88 Å². The average Bonchev–Trinajstić information content (AvgIpc) is 3.26. The molecule has 1 aromatic heterocycles. The number of halogens is 4. The largest absolute Gasteiger partial charge is 0.480 e. The topological polar surface area (TPSA) is 88.5 Å². The molecule has 0 bridgehead atoms. The van der Waals surface area contributed by atoms with E-state index in [9.17, 15) is 27.2 Å². The Morgan fingerprint density at radius 2 is 2.04 bits per heavy atom. The highest BCUT2D eigenvalue weighted by Gasteiger charge is 2.51. The molecule has 0 unspecified atom stereocenters. The number of nitrogens with zero attached hydrogens (tertiary/aromatic N) is 1. The summed E-state index contributed by atoms with van der Waals surface area (Å²) < 4.78 is 53.7. The van der Waals surface area contributed by atoms with Crippen molar-refractivity contribution in [3.05, 3.63) is 23.9 Å². The van der Waals surface area contributed by atoms with Crippen molar-refractivity contribution in [3.63, 3.8) is 0 Å². The van der Waals surface area contributed by atoms with Crippen LogP contribution in [0.1, 0.15) is 23.2 Å². The molecule has 0 aliphatic heterocycles. The lowest BCUT2D eigenvalue weighted by Gasteiger charge is -2.15. The van der Waals surface area contributed by atoms with Gasteiger partial charge in [-0.2, -0.15) is 8.78 Å². The molecule has 0 saturated heterocycles. The molecule has 1 aliphatic rings. The number of aromatic nitrogens is 1. The van der Waals surface area contributed by atoms with Gasteiger partial charge in [0.05, 0.1) is 5.56 Å². The van der Waals surface area contributed by atoms with Crippen LogP contribution in [-0.4, -0.2) is 46.5 Å². The predicted octanol–water partition coefficient (Wildman–Crippen LogP) is 1.71. The van der Waals surface area contributed by atoms with Crippen molar-refractivity contribution >= 4 is 11.9 Å². The number of carbonyl (C=O) groups excluding carboxylic acids is 1. The lowest BCUT2D eigenvalue weighted by atomic mass is 10.2. The SMILES string of the molecule is O=C(NC1(C(=O)O)CC1)c1ccc(OCC(F)(F)C(F)F)nc1. The monoisotopic (exact) mass is 336 g/mol. The van der Waals surface area contributed by atoms with Crippen molar-refractivity contribution in [1.29, 1.82) is 0 Å². The van der Waals surface area contributed by atoms with Gasteiger partial charge in [-0.3, -0.25) is 4.79 Å². The minimum absolute atomic E-state index is 0.00880. The summed E-state index contributed by atoms with van der Waals surface area (Å²) in [5, 5.41) is 11.3. The van der Waals surface area contributed by atoms with E-state index >= 15 is 0 Å². The fourth-order valence-electron chi connectivity index (χ4n) is 1.64. The van der Waals surface area contributed by atoms with Gasteiger partial charge in [-0.25, -0.2) is 18.6 Å². The van der Waals surface area contributed by atoms with E-state index in [-0.39, 0.29) is 11.4 Å². The van der Waals surface area contributed by atoms with E-state index in [4.69, 9.17) is 5.11 Å². The molecule has 0 aromatic carbocycles. The summed E-state index contributed by atoms with van der Waals surface area (Å²) in [6, 6.07) is 2.22. The molecule has 1 fully saturated rings. The van der Waals surface area contributed by atoms with Crippen molar-refractivity contribution in [1.82, 2.24) is 10.3 Å². The second kappa shape index (κ2) is 6.01. The van der Waals surface area contributed by atoms with Gasteiger partial charge >= 0.3 is 18.3 Å². The van der Waals surface area contributed by atoms with Crippen LogP contribution in [0.25, 0.3) is 0 Å². The molecule has 1 amide bonds. The van der Waals surface area contributed by atoms with Crippen molar-refractivity contribution in [3.8, 4) is 5.88 Å². The maximum atomic E-state index is 12.7. The first kappa shape index (κ1) is 17.0. The zero-order valence-electron chi connectivity index (χ0n) is 11.6. The number of ether oxygens (including phenoxy) is 1. The minimum Gasteiger partial charge on any atom is -0.480 e. The zero-order chi connectivity index (χ0) is 17.3. The molecular weight excluding hydrogens is 324 g/mol. The average molecular weight is 336 g/mol. The molecule has 0 radical (unpaired) electrons. The summed E-state index contributed by atoms with van der Waals surface area (Å²) in [5.74, 6) is -6.51. The number of pyridine rings is 1. The third kappa shape index (κ3) is 3.88. The number of hydrogen-bond donors (Lipinski definition) is 2. The molecule has 2 rings (SSSR count). The van der Waals surface area contributed by atoms with Gasteiger partial charge < -0.3 is 15.2 Å². The third-order valence-corrected chi connectivity index (χ3v) is 3.24. The number of carbonyl (C=O) groups is 2. The molecule has 1 aliphatic carbocycles. The van der Waals surface area contributed by atoms with Crippen LogP contribution in [-0.2, 0) is 4.79 Å². The van der Waals surface area contributed by atoms with E-state index in [1.54, 1.807) is 0 Å². The fourth-order valence-corrected chi connectivity index (χ4v) is 1.64. The Hall–Kier alpha value is -2.39. The van der Waals surface area contributed by atoms with Gasteiger partial charge in [0.1, 0.15) is 5.54 Å². The van der Waals surface area contributed by atoms with Crippen molar-refractivity contribution in [2.75, 3.05) is 6.61 Å². The van der Waals surface area contributed by atoms with Gasteiger partial charge in [0.25, 0.3) is 5.91 Å². The summed E-state index contributed by atoms with van der Waals surface area (Å²) in [7, 11) is 0. The Labute approximate surface area is 127 Å². The molecule has 0 atom stereocenters. The Bertz CT molecular complexity index is 602. The van der Waals surface area contributed by atoms with Crippen LogP contribution in [0.4, 0.5) is 17.6 Å². The lowest BCUT2D eigenvalue weighted by molar-refractivity contribution is -0.148. The van der Waals surface area contributed by atoms with E-state index in [0.717, 1.165) is 18.3 Å². The molecule has 10 heteroatoms. The molecule has 6 nitrogen and oxygen atoms in total. The standard InChI is InChI=1S/C13H12F4N2O4/c14-10(15)13(16,17)6-23-8-2-1-7(5-18-8)9(20)19-12(3-4-12)11(21)22/h1-2,5,10H,3-4,6H2,(H,19,20)(H,21,22). The second-order valence-corrected chi connectivity index (χ2v) is 5.08. The number of carboxylic acid groups (broad SMARTS) is 1. The molecule has 1 heterocycles. The van der Waals surface area contributed by atoms with Gasteiger partial charge in [0.15, 0.2) is 6.61 Å². The summed E-state index contributed by atoms with van der Waals surface area (Å²) in [6.07, 6.45) is -2.27. The number of aliphatic carboxylic acids is 1. The van der Waals surface area contributed by atoms with Crippen LogP contribution in [0.15, 0.2) is 18.3 Å². The molecule has 23 heavy (non-hydrogen) atoms. The highest BCUT2D eigenvalue weighted by molar-refractivity contribution is 5.98. The molecule has 126 valence electrons. The number of nitrogens with one attached hydrogen (secondary N) is 1. The maximum absolute atomic E-state index is 12.7. The van der Waals surface area contributed by atoms with Gasteiger partial charge in [0, 0.05) is 12.3 Å².